The lowest BCUT2D eigenvalue weighted by Crippen LogP contribution is -2.12. The molecule has 2 aromatic rings. The van der Waals surface area contributed by atoms with Crippen LogP contribution in [0.2, 0.25) is 0 Å². The highest BCUT2D eigenvalue weighted by atomic mass is 19.1. The van der Waals surface area contributed by atoms with Gasteiger partial charge in [0, 0.05) is 19.2 Å². The average Bonchev–Trinajstić information content (AvgIpc) is 2.81. The van der Waals surface area contributed by atoms with Gasteiger partial charge in [-0.05, 0) is 30.2 Å². The Morgan fingerprint density at radius 1 is 1.28 bits per heavy atom. The minimum atomic E-state index is -0.290. The fourth-order valence-electron chi connectivity index (χ4n) is 1.84. The molecule has 0 spiro atoms. The van der Waals surface area contributed by atoms with Gasteiger partial charge in [0.2, 0.25) is 0 Å². The fraction of sp³-hybridized carbons (Fsp3) is 0.286. The standard InChI is InChI=1S/C14H15FN2O/c1-2-9-17-13(7-8-16-17)14(18)10-11-3-5-12(15)6-4-11/h3-8H,2,9-10H2,1H3. The first kappa shape index (κ1) is 12.5. The van der Waals surface area contributed by atoms with Crippen LogP contribution in [0.5, 0.6) is 0 Å². The van der Waals surface area contributed by atoms with Crippen LogP contribution in [0, 0.1) is 5.82 Å². The molecule has 18 heavy (non-hydrogen) atoms. The first-order valence-corrected chi connectivity index (χ1v) is 6.00. The number of ketones is 1. The molecule has 0 amide bonds. The van der Waals surface area contributed by atoms with Crippen LogP contribution < -0.4 is 0 Å². The Kier molecular flexibility index (Phi) is 3.87. The van der Waals surface area contributed by atoms with Gasteiger partial charge in [0.15, 0.2) is 5.78 Å². The van der Waals surface area contributed by atoms with Crippen LogP contribution in [0.4, 0.5) is 4.39 Å². The van der Waals surface area contributed by atoms with Crippen LogP contribution in [0.1, 0.15) is 29.4 Å². The molecule has 0 atom stereocenters. The summed E-state index contributed by atoms with van der Waals surface area (Å²) in [5.41, 5.74) is 1.42. The van der Waals surface area contributed by atoms with Crippen LogP contribution >= 0.6 is 0 Å². The molecular weight excluding hydrogens is 231 g/mol. The monoisotopic (exact) mass is 246 g/mol. The van der Waals surface area contributed by atoms with Crippen LogP contribution in [-0.4, -0.2) is 15.6 Å². The number of hydrogen-bond acceptors (Lipinski definition) is 2. The molecule has 0 saturated heterocycles. The molecule has 0 aliphatic rings. The summed E-state index contributed by atoms with van der Waals surface area (Å²) in [4.78, 5) is 12.1. The average molecular weight is 246 g/mol. The van der Waals surface area contributed by atoms with Crippen LogP contribution in [0.25, 0.3) is 0 Å². The van der Waals surface area contributed by atoms with Crippen LogP contribution in [-0.2, 0) is 13.0 Å². The Balaban J connectivity index is 2.11. The van der Waals surface area contributed by atoms with Crippen molar-refractivity contribution < 1.29 is 9.18 Å². The predicted molar refractivity (Wildman–Crippen MR) is 67.0 cm³/mol. The third-order valence-corrected chi connectivity index (χ3v) is 2.72. The molecule has 0 fully saturated rings. The van der Waals surface area contributed by atoms with E-state index in [2.05, 4.69) is 5.10 Å². The summed E-state index contributed by atoms with van der Waals surface area (Å²) < 4.78 is 14.5. The summed E-state index contributed by atoms with van der Waals surface area (Å²) in [5.74, 6) is -0.283. The van der Waals surface area contributed by atoms with E-state index in [1.807, 2.05) is 6.92 Å². The quantitative estimate of drug-likeness (QED) is 0.760. The number of benzene rings is 1. The van der Waals surface area contributed by atoms with E-state index in [0.29, 0.717) is 5.69 Å². The highest BCUT2D eigenvalue weighted by molar-refractivity contribution is 5.95. The number of halogens is 1. The smallest absolute Gasteiger partial charge is 0.185 e. The molecule has 0 bridgehead atoms. The van der Waals surface area contributed by atoms with E-state index >= 15 is 0 Å². The first-order valence-electron chi connectivity index (χ1n) is 6.00. The number of carbonyl (C=O) groups is 1. The summed E-state index contributed by atoms with van der Waals surface area (Å²) in [6.45, 7) is 2.77. The van der Waals surface area contributed by atoms with E-state index in [0.717, 1.165) is 18.5 Å². The highest BCUT2D eigenvalue weighted by Gasteiger charge is 2.12. The number of Topliss-reactive ketones (excluding diaryl/α,β-unsaturated/α-hetero) is 1. The Morgan fingerprint density at radius 2 is 2.00 bits per heavy atom. The summed E-state index contributed by atoms with van der Waals surface area (Å²) in [5, 5.41) is 4.12. The minimum absolute atomic E-state index is 0.00700. The van der Waals surface area contributed by atoms with Gasteiger partial charge < -0.3 is 0 Å². The number of aryl methyl sites for hydroxylation is 1. The summed E-state index contributed by atoms with van der Waals surface area (Å²) in [6, 6.07) is 7.72. The van der Waals surface area contributed by atoms with Crippen LogP contribution in [0.15, 0.2) is 36.5 Å². The van der Waals surface area contributed by atoms with Gasteiger partial charge in [-0.1, -0.05) is 19.1 Å². The van der Waals surface area contributed by atoms with Gasteiger partial charge in [0.25, 0.3) is 0 Å². The molecule has 2 rings (SSSR count). The van der Waals surface area contributed by atoms with E-state index in [1.54, 1.807) is 29.1 Å². The summed E-state index contributed by atoms with van der Waals surface area (Å²) >= 11 is 0. The topological polar surface area (TPSA) is 34.9 Å². The maximum absolute atomic E-state index is 12.8. The molecule has 0 aliphatic heterocycles. The Labute approximate surface area is 105 Å². The molecule has 0 aliphatic carbocycles. The third-order valence-electron chi connectivity index (χ3n) is 2.72. The van der Waals surface area contributed by atoms with Gasteiger partial charge in [-0.15, -0.1) is 0 Å². The molecular formula is C14H15FN2O. The normalized spacial score (nSPS) is 10.6. The second-order valence-electron chi connectivity index (χ2n) is 4.17. The van der Waals surface area contributed by atoms with Crippen molar-refractivity contribution in [2.75, 3.05) is 0 Å². The SMILES string of the molecule is CCCn1nccc1C(=O)Cc1ccc(F)cc1. The van der Waals surface area contributed by atoms with Gasteiger partial charge in [-0.2, -0.15) is 5.10 Å². The molecule has 1 aromatic carbocycles. The largest absolute Gasteiger partial charge is 0.292 e. The van der Waals surface area contributed by atoms with Crippen molar-refractivity contribution in [3.05, 3.63) is 53.6 Å². The number of carbonyl (C=O) groups excluding carboxylic acids is 1. The Bertz CT molecular complexity index is 531. The third kappa shape index (κ3) is 2.83. The lowest BCUT2D eigenvalue weighted by molar-refractivity contribution is 0.0982. The lowest BCUT2D eigenvalue weighted by Gasteiger charge is -2.05. The first-order chi connectivity index (χ1) is 8.70. The molecule has 0 radical (unpaired) electrons. The molecule has 3 nitrogen and oxygen atoms in total. The summed E-state index contributed by atoms with van der Waals surface area (Å²) in [7, 11) is 0. The molecule has 0 N–H and O–H groups in total. The van der Waals surface area contributed by atoms with E-state index in [1.165, 1.54) is 12.1 Å². The van der Waals surface area contributed by atoms with Crippen molar-refractivity contribution in [1.29, 1.82) is 0 Å². The molecule has 4 heteroatoms. The number of aromatic nitrogens is 2. The van der Waals surface area contributed by atoms with E-state index in [9.17, 15) is 9.18 Å². The zero-order chi connectivity index (χ0) is 13.0. The number of rotatable bonds is 5. The van der Waals surface area contributed by atoms with Gasteiger partial charge >= 0.3 is 0 Å². The molecule has 1 heterocycles. The maximum Gasteiger partial charge on any atom is 0.185 e. The predicted octanol–water partition coefficient (Wildman–Crippen LogP) is 2.86. The second kappa shape index (κ2) is 5.58. The van der Waals surface area contributed by atoms with Gasteiger partial charge in [0.1, 0.15) is 11.5 Å². The van der Waals surface area contributed by atoms with Crippen LogP contribution in [0.3, 0.4) is 0 Å². The molecule has 1 aromatic heterocycles. The maximum atomic E-state index is 12.8. The lowest BCUT2D eigenvalue weighted by atomic mass is 10.1. The number of nitrogens with zero attached hydrogens (tertiary/aromatic N) is 2. The minimum Gasteiger partial charge on any atom is -0.292 e. The zero-order valence-electron chi connectivity index (χ0n) is 10.3. The number of hydrogen-bond donors (Lipinski definition) is 0. The van der Waals surface area contributed by atoms with Crippen molar-refractivity contribution in [3.63, 3.8) is 0 Å². The van der Waals surface area contributed by atoms with Crippen molar-refractivity contribution in [3.8, 4) is 0 Å². The summed E-state index contributed by atoms with van der Waals surface area (Å²) in [6.07, 6.45) is 2.84. The van der Waals surface area contributed by atoms with Crippen molar-refractivity contribution in [2.45, 2.75) is 26.3 Å². The van der Waals surface area contributed by atoms with Crippen molar-refractivity contribution >= 4 is 5.78 Å². The van der Waals surface area contributed by atoms with Gasteiger partial charge in [-0.3, -0.25) is 9.48 Å². The Morgan fingerprint density at radius 3 is 2.67 bits per heavy atom. The second-order valence-corrected chi connectivity index (χ2v) is 4.17. The Hall–Kier alpha value is -1.97. The van der Waals surface area contributed by atoms with Gasteiger partial charge in [0.05, 0.1) is 0 Å². The highest BCUT2D eigenvalue weighted by Crippen LogP contribution is 2.09. The van der Waals surface area contributed by atoms with E-state index in [4.69, 9.17) is 0 Å². The molecule has 0 saturated carbocycles. The van der Waals surface area contributed by atoms with Crippen molar-refractivity contribution in [1.82, 2.24) is 9.78 Å². The van der Waals surface area contributed by atoms with Gasteiger partial charge in [-0.25, -0.2) is 4.39 Å². The van der Waals surface area contributed by atoms with Crippen molar-refractivity contribution in [2.24, 2.45) is 0 Å². The zero-order valence-corrected chi connectivity index (χ0v) is 10.3. The van der Waals surface area contributed by atoms with E-state index < -0.39 is 0 Å². The fourth-order valence-corrected chi connectivity index (χ4v) is 1.84. The van der Waals surface area contributed by atoms with E-state index in [-0.39, 0.29) is 18.0 Å². The molecule has 94 valence electrons. The molecule has 0 unspecified atom stereocenters.